The van der Waals surface area contributed by atoms with Gasteiger partial charge in [-0.1, -0.05) is 35.5 Å². The topological polar surface area (TPSA) is 84.6 Å². The molecule has 0 aliphatic rings. The van der Waals surface area contributed by atoms with Crippen molar-refractivity contribution in [3.63, 3.8) is 0 Å². The number of hydrogen-bond acceptors (Lipinski definition) is 5. The normalized spacial score (nSPS) is 11.8. The maximum atomic E-state index is 12.2. The molecule has 0 amide bonds. The zero-order valence-corrected chi connectivity index (χ0v) is 11.9. The van der Waals surface area contributed by atoms with Crippen molar-refractivity contribution >= 4 is 10.2 Å². The highest BCUT2D eigenvalue weighted by Crippen LogP contribution is 2.20. The van der Waals surface area contributed by atoms with Crippen LogP contribution in [0.1, 0.15) is 5.82 Å². The summed E-state index contributed by atoms with van der Waals surface area (Å²) in [5.41, 5.74) is 1.25. The number of nitroso groups, excluding NO2 is 1. The van der Waals surface area contributed by atoms with Crippen molar-refractivity contribution in [3.8, 4) is 11.3 Å². The largest absolute Gasteiger partial charge is 0.308 e. The minimum absolute atomic E-state index is 0.0903. The minimum Gasteiger partial charge on any atom is -0.230 e. The van der Waals surface area contributed by atoms with Crippen LogP contribution in [0.5, 0.6) is 0 Å². The molecule has 0 fully saturated rings. The van der Waals surface area contributed by atoms with E-state index in [1.165, 1.54) is 20.3 Å². The number of hydrogen-bond donors (Lipinski definition) is 0. The molecule has 1 aromatic carbocycles. The van der Waals surface area contributed by atoms with E-state index in [1.807, 2.05) is 30.3 Å². The van der Waals surface area contributed by atoms with E-state index in [-0.39, 0.29) is 12.4 Å². The van der Waals surface area contributed by atoms with Gasteiger partial charge in [-0.15, -0.1) is 0 Å². The van der Waals surface area contributed by atoms with E-state index >= 15 is 0 Å². The number of rotatable bonds is 5. The lowest BCUT2D eigenvalue weighted by atomic mass is 10.2. The van der Waals surface area contributed by atoms with Crippen LogP contribution in [-0.4, -0.2) is 35.8 Å². The van der Waals surface area contributed by atoms with E-state index in [2.05, 4.69) is 10.2 Å². The van der Waals surface area contributed by atoms with Crippen LogP contribution in [0, 0.1) is 4.91 Å². The first-order valence-corrected chi connectivity index (χ1v) is 7.22. The van der Waals surface area contributed by atoms with Crippen LogP contribution in [-0.2, 0) is 16.8 Å². The lowest BCUT2D eigenvalue weighted by Crippen LogP contribution is -2.29. The molecule has 0 aliphatic carbocycles. The molecular formula is C12H14N4O3S. The highest BCUT2D eigenvalue weighted by molar-refractivity contribution is 7.87. The van der Waals surface area contributed by atoms with Gasteiger partial charge in [-0.3, -0.25) is 0 Å². The van der Waals surface area contributed by atoms with Gasteiger partial charge in [0.25, 0.3) is 0 Å². The van der Waals surface area contributed by atoms with E-state index in [0.29, 0.717) is 5.69 Å². The summed E-state index contributed by atoms with van der Waals surface area (Å²) >= 11 is 0. The minimum atomic E-state index is -3.73. The number of aromatic nitrogens is 2. The lowest BCUT2D eigenvalue weighted by molar-refractivity contribution is 0.508. The fraction of sp³-hybridized carbons (Fsp3) is 0.250. The van der Waals surface area contributed by atoms with Crippen molar-refractivity contribution in [2.24, 2.45) is 5.18 Å². The average molecular weight is 294 g/mol. The van der Waals surface area contributed by atoms with Gasteiger partial charge in [0.05, 0.1) is 5.69 Å². The Balaban J connectivity index is 2.58. The average Bonchev–Trinajstić information content (AvgIpc) is 2.85. The van der Waals surface area contributed by atoms with Gasteiger partial charge in [-0.05, 0) is 0 Å². The van der Waals surface area contributed by atoms with Gasteiger partial charge in [0, 0.05) is 25.9 Å². The summed E-state index contributed by atoms with van der Waals surface area (Å²) in [5, 5.41) is 2.73. The Bertz CT molecular complexity index is 708. The van der Waals surface area contributed by atoms with Gasteiger partial charge in [0.2, 0.25) is 0 Å². The molecule has 106 valence electrons. The van der Waals surface area contributed by atoms with E-state index in [4.69, 9.17) is 0 Å². The molecule has 0 unspecified atom stereocenters. The van der Waals surface area contributed by atoms with Crippen molar-refractivity contribution in [2.45, 2.75) is 6.54 Å². The third-order valence-corrected chi connectivity index (χ3v) is 4.47. The molecule has 7 nitrogen and oxygen atoms in total. The molecule has 0 spiro atoms. The monoisotopic (exact) mass is 294 g/mol. The third kappa shape index (κ3) is 2.61. The molecule has 0 aliphatic heterocycles. The highest BCUT2D eigenvalue weighted by atomic mass is 32.2. The van der Waals surface area contributed by atoms with Crippen molar-refractivity contribution in [1.82, 2.24) is 13.3 Å². The molecule has 0 saturated carbocycles. The maximum Gasteiger partial charge on any atom is 0.308 e. The van der Waals surface area contributed by atoms with Crippen LogP contribution in [0.25, 0.3) is 11.3 Å². The molecule has 0 radical (unpaired) electrons. The molecule has 0 N–H and O–H groups in total. The molecule has 20 heavy (non-hydrogen) atoms. The fourth-order valence-corrected chi connectivity index (χ4v) is 2.64. The number of benzene rings is 1. The summed E-state index contributed by atoms with van der Waals surface area (Å²) in [6.45, 7) is -0.306. The first-order valence-electron chi connectivity index (χ1n) is 5.82. The van der Waals surface area contributed by atoms with Crippen LogP contribution in [0.4, 0.5) is 0 Å². The van der Waals surface area contributed by atoms with E-state index < -0.39 is 10.2 Å². The first-order chi connectivity index (χ1) is 9.46. The zero-order valence-electron chi connectivity index (χ0n) is 11.1. The quantitative estimate of drug-likeness (QED) is 0.782. The first kappa shape index (κ1) is 14.4. The molecule has 0 bridgehead atoms. The Morgan fingerprint density at radius 2 is 1.90 bits per heavy atom. The Labute approximate surface area is 117 Å². The van der Waals surface area contributed by atoms with Crippen LogP contribution in [0.2, 0.25) is 0 Å². The van der Waals surface area contributed by atoms with Crippen LogP contribution in [0.3, 0.4) is 0 Å². The molecule has 2 aromatic rings. The molecule has 0 atom stereocenters. The van der Waals surface area contributed by atoms with E-state index in [1.54, 1.807) is 0 Å². The van der Waals surface area contributed by atoms with Crippen molar-refractivity contribution < 1.29 is 8.42 Å². The Hall–Kier alpha value is -2.06. The van der Waals surface area contributed by atoms with Gasteiger partial charge in [-0.25, -0.2) is 8.96 Å². The Kier molecular flexibility index (Phi) is 3.96. The van der Waals surface area contributed by atoms with Gasteiger partial charge >= 0.3 is 10.2 Å². The lowest BCUT2D eigenvalue weighted by Gasteiger charge is -2.12. The molecule has 0 saturated heterocycles. The molecular weight excluding hydrogens is 280 g/mol. The highest BCUT2D eigenvalue weighted by Gasteiger charge is 2.22. The molecule has 2 rings (SSSR count). The molecule has 1 aromatic heterocycles. The summed E-state index contributed by atoms with van der Waals surface area (Å²) in [7, 11) is -0.904. The third-order valence-electron chi connectivity index (χ3n) is 2.73. The zero-order chi connectivity index (χ0) is 14.8. The smallest absolute Gasteiger partial charge is 0.230 e. The van der Waals surface area contributed by atoms with Gasteiger partial charge in [0.1, 0.15) is 12.4 Å². The number of imidazole rings is 1. The van der Waals surface area contributed by atoms with Crippen molar-refractivity contribution in [2.75, 3.05) is 14.1 Å². The Morgan fingerprint density at radius 1 is 1.25 bits per heavy atom. The van der Waals surface area contributed by atoms with Gasteiger partial charge in [0.15, 0.2) is 0 Å². The second-order valence-electron chi connectivity index (χ2n) is 4.28. The van der Waals surface area contributed by atoms with Crippen molar-refractivity contribution in [1.29, 1.82) is 0 Å². The van der Waals surface area contributed by atoms with Gasteiger partial charge < -0.3 is 0 Å². The predicted molar refractivity (Wildman–Crippen MR) is 75.2 cm³/mol. The van der Waals surface area contributed by atoms with Gasteiger partial charge in [-0.2, -0.15) is 17.6 Å². The number of nitrogens with zero attached hydrogens (tertiary/aromatic N) is 4. The maximum absolute atomic E-state index is 12.2. The summed E-state index contributed by atoms with van der Waals surface area (Å²) < 4.78 is 26.4. The summed E-state index contributed by atoms with van der Waals surface area (Å²) in [6.07, 6.45) is 1.39. The van der Waals surface area contributed by atoms with E-state index in [9.17, 15) is 13.3 Å². The second kappa shape index (κ2) is 5.51. The second-order valence-corrected chi connectivity index (χ2v) is 6.30. The molecule has 8 heteroatoms. The Morgan fingerprint density at radius 3 is 2.45 bits per heavy atom. The standard InChI is InChI=1S/C12H14N4O3S/c1-15(2)20(18,19)16-9-11(14-12(16)8-13-17)10-6-4-3-5-7-10/h3-7,9H,8H2,1-2H3. The van der Waals surface area contributed by atoms with Crippen LogP contribution < -0.4 is 0 Å². The molecule has 1 heterocycles. The predicted octanol–water partition coefficient (Wildman–Crippen LogP) is 1.47. The SMILES string of the molecule is CN(C)S(=O)(=O)n1cc(-c2ccccc2)nc1CN=O. The van der Waals surface area contributed by atoms with E-state index in [0.717, 1.165) is 13.8 Å². The van der Waals surface area contributed by atoms with Crippen molar-refractivity contribution in [3.05, 3.63) is 47.3 Å². The summed E-state index contributed by atoms with van der Waals surface area (Å²) in [5.74, 6) is 0.0903. The fourth-order valence-electron chi connectivity index (χ4n) is 1.69. The van der Waals surface area contributed by atoms with Crippen LogP contribution in [0.15, 0.2) is 41.7 Å². The van der Waals surface area contributed by atoms with Crippen LogP contribution >= 0.6 is 0 Å². The summed E-state index contributed by atoms with van der Waals surface area (Å²) in [6, 6.07) is 9.13. The summed E-state index contributed by atoms with van der Waals surface area (Å²) in [4.78, 5) is 14.6.